The predicted molar refractivity (Wildman–Crippen MR) is 88.9 cm³/mol. The highest BCUT2D eigenvalue weighted by Gasteiger charge is 2.34. The summed E-state index contributed by atoms with van der Waals surface area (Å²) in [5, 5.41) is 13.5. The van der Waals surface area contributed by atoms with E-state index in [0.717, 1.165) is 25.9 Å². The van der Waals surface area contributed by atoms with Gasteiger partial charge in [0.25, 0.3) is 5.56 Å². The van der Waals surface area contributed by atoms with Gasteiger partial charge in [0.05, 0.1) is 11.2 Å². The predicted octanol–water partition coefficient (Wildman–Crippen LogP) is 1.40. The minimum Gasteiger partial charge on any atom is -0.365 e. The molecule has 0 spiro atoms. The quantitative estimate of drug-likeness (QED) is 0.801. The topological polar surface area (TPSA) is 74.0 Å². The third kappa shape index (κ3) is 2.19. The van der Waals surface area contributed by atoms with Gasteiger partial charge >= 0.3 is 0 Å². The van der Waals surface area contributed by atoms with Crippen LogP contribution >= 0.6 is 11.6 Å². The molecule has 2 aromatic heterocycles. The molecule has 23 heavy (non-hydrogen) atoms. The Balaban J connectivity index is 2.00. The van der Waals surface area contributed by atoms with Crippen LogP contribution in [0.1, 0.15) is 18.4 Å². The zero-order valence-corrected chi connectivity index (χ0v) is 13.5. The van der Waals surface area contributed by atoms with Crippen LogP contribution in [0.25, 0.3) is 11.0 Å². The van der Waals surface area contributed by atoms with Crippen LogP contribution in [0.15, 0.2) is 16.9 Å². The van der Waals surface area contributed by atoms with Crippen molar-refractivity contribution in [3.05, 3.63) is 33.2 Å². The molecule has 7 heteroatoms. The fourth-order valence-corrected chi connectivity index (χ4v) is 3.91. The minimum atomic E-state index is -0.287. The molecule has 2 bridgehead atoms. The molecule has 0 unspecified atom stereocenters. The van der Waals surface area contributed by atoms with Crippen LogP contribution in [-0.4, -0.2) is 34.7 Å². The highest BCUT2D eigenvalue weighted by molar-refractivity contribution is 6.29. The number of anilines is 1. The highest BCUT2D eigenvalue weighted by Crippen LogP contribution is 2.32. The monoisotopic (exact) mass is 329 g/mol. The van der Waals surface area contributed by atoms with Crippen LogP contribution in [0.2, 0.25) is 5.15 Å². The van der Waals surface area contributed by atoms with Crippen molar-refractivity contribution in [1.82, 2.24) is 14.9 Å². The number of piperazine rings is 1. The number of nitrogens with one attached hydrogen (secondary N) is 1. The third-order valence-electron chi connectivity index (χ3n) is 4.83. The molecule has 2 saturated heterocycles. The first-order chi connectivity index (χ1) is 11.1. The number of aryl methyl sites for hydroxylation is 1. The van der Waals surface area contributed by atoms with E-state index in [0.29, 0.717) is 34.0 Å². The van der Waals surface area contributed by atoms with Crippen LogP contribution in [-0.2, 0) is 7.05 Å². The van der Waals surface area contributed by atoms with Crippen molar-refractivity contribution in [1.29, 1.82) is 5.26 Å². The molecule has 6 nitrogen and oxygen atoms in total. The summed E-state index contributed by atoms with van der Waals surface area (Å²) >= 11 is 6.07. The number of aromatic nitrogens is 2. The van der Waals surface area contributed by atoms with Crippen LogP contribution in [0.5, 0.6) is 0 Å². The van der Waals surface area contributed by atoms with Gasteiger partial charge in [-0.25, -0.2) is 4.98 Å². The molecule has 2 aliphatic heterocycles. The molecule has 0 aliphatic carbocycles. The summed E-state index contributed by atoms with van der Waals surface area (Å²) in [6.45, 7) is 1.56. The number of hydrogen-bond donors (Lipinski definition) is 1. The standard InChI is InChI=1S/C16H16ClN5O/c1-21-12-4-5-13(17)20-14(12)15(11(6-18)16(21)23)22-7-9-2-3-10(8-22)19-9/h4-5,9-10,19H,2-3,7-8H2,1H3/t9-,10+. The number of rotatable bonds is 1. The first-order valence-corrected chi connectivity index (χ1v) is 8.06. The number of nitrogens with zero attached hydrogens (tertiary/aromatic N) is 4. The van der Waals surface area contributed by atoms with Crippen molar-refractivity contribution in [2.24, 2.45) is 7.05 Å². The molecule has 2 aromatic rings. The lowest BCUT2D eigenvalue weighted by atomic mass is 10.1. The van der Waals surface area contributed by atoms with Crippen LogP contribution < -0.4 is 15.8 Å². The molecular formula is C16H16ClN5O. The van der Waals surface area contributed by atoms with Crippen molar-refractivity contribution < 1.29 is 0 Å². The molecule has 1 N–H and O–H groups in total. The second-order valence-electron chi connectivity index (χ2n) is 6.24. The third-order valence-corrected chi connectivity index (χ3v) is 5.04. The SMILES string of the molecule is Cn1c(=O)c(C#N)c(N2C[C@H]3CC[C@@H](C2)N3)c2nc(Cl)ccc21. The second-order valence-corrected chi connectivity index (χ2v) is 6.63. The molecule has 0 amide bonds. The normalized spacial score (nSPS) is 23.3. The summed E-state index contributed by atoms with van der Waals surface area (Å²) in [6.07, 6.45) is 2.25. The van der Waals surface area contributed by atoms with Crippen LogP contribution in [0, 0.1) is 11.3 Å². The summed E-state index contributed by atoms with van der Waals surface area (Å²) in [5.41, 5.74) is 1.81. The summed E-state index contributed by atoms with van der Waals surface area (Å²) in [6, 6.07) is 6.34. The van der Waals surface area contributed by atoms with E-state index in [1.807, 2.05) is 0 Å². The molecule has 4 rings (SSSR count). The summed E-state index contributed by atoms with van der Waals surface area (Å²) in [5.74, 6) is 0. The summed E-state index contributed by atoms with van der Waals surface area (Å²) in [7, 11) is 1.66. The van der Waals surface area contributed by atoms with Crippen molar-refractivity contribution in [2.45, 2.75) is 24.9 Å². The molecule has 2 fully saturated rings. The largest absolute Gasteiger partial charge is 0.365 e. The van der Waals surface area contributed by atoms with E-state index >= 15 is 0 Å². The zero-order valence-electron chi connectivity index (χ0n) is 12.7. The Bertz CT molecular complexity index is 888. The molecule has 2 aliphatic rings. The van der Waals surface area contributed by atoms with Crippen molar-refractivity contribution in [2.75, 3.05) is 18.0 Å². The van der Waals surface area contributed by atoms with Gasteiger partial charge in [-0.1, -0.05) is 11.6 Å². The fraction of sp³-hybridized carbons (Fsp3) is 0.438. The number of halogens is 1. The van der Waals surface area contributed by atoms with E-state index in [1.165, 1.54) is 4.57 Å². The van der Waals surface area contributed by atoms with Crippen LogP contribution in [0.4, 0.5) is 5.69 Å². The van der Waals surface area contributed by atoms with Gasteiger partial charge in [0, 0.05) is 32.2 Å². The van der Waals surface area contributed by atoms with Gasteiger partial charge in [-0.05, 0) is 25.0 Å². The zero-order chi connectivity index (χ0) is 16.1. The maximum atomic E-state index is 12.6. The van der Waals surface area contributed by atoms with E-state index in [1.54, 1.807) is 19.2 Å². The molecule has 0 aromatic carbocycles. The van der Waals surface area contributed by atoms with E-state index in [2.05, 4.69) is 21.3 Å². The molecule has 0 saturated carbocycles. The lowest BCUT2D eigenvalue weighted by Crippen LogP contribution is -2.51. The summed E-state index contributed by atoms with van der Waals surface area (Å²) in [4.78, 5) is 19.1. The van der Waals surface area contributed by atoms with Crippen molar-refractivity contribution in [3.8, 4) is 6.07 Å². The van der Waals surface area contributed by atoms with Gasteiger partial charge in [0.15, 0.2) is 0 Å². The average Bonchev–Trinajstić information content (AvgIpc) is 2.88. The second kappa shape index (κ2) is 5.22. The Labute approximate surface area is 138 Å². The van der Waals surface area contributed by atoms with E-state index in [4.69, 9.17) is 11.6 Å². The van der Waals surface area contributed by atoms with Gasteiger partial charge in [0.2, 0.25) is 0 Å². The number of pyridine rings is 2. The van der Waals surface area contributed by atoms with E-state index in [9.17, 15) is 10.1 Å². The molecule has 2 atom stereocenters. The minimum absolute atomic E-state index is 0.149. The Morgan fingerprint density at radius 2 is 2.04 bits per heavy atom. The Morgan fingerprint density at radius 1 is 1.35 bits per heavy atom. The molecule has 4 heterocycles. The number of fused-ring (bicyclic) bond motifs is 3. The maximum Gasteiger partial charge on any atom is 0.270 e. The van der Waals surface area contributed by atoms with E-state index < -0.39 is 0 Å². The maximum absolute atomic E-state index is 12.6. The van der Waals surface area contributed by atoms with Gasteiger partial charge in [-0.2, -0.15) is 5.26 Å². The lowest BCUT2D eigenvalue weighted by Gasteiger charge is -2.35. The van der Waals surface area contributed by atoms with Crippen molar-refractivity contribution in [3.63, 3.8) is 0 Å². The number of nitriles is 1. The highest BCUT2D eigenvalue weighted by atomic mass is 35.5. The van der Waals surface area contributed by atoms with Gasteiger partial charge in [0.1, 0.15) is 22.3 Å². The molecule has 0 radical (unpaired) electrons. The number of hydrogen-bond acceptors (Lipinski definition) is 5. The Morgan fingerprint density at radius 3 is 2.70 bits per heavy atom. The van der Waals surface area contributed by atoms with E-state index in [-0.39, 0.29) is 11.1 Å². The van der Waals surface area contributed by atoms with Crippen molar-refractivity contribution >= 4 is 28.3 Å². The Hall–Kier alpha value is -2.10. The molecular weight excluding hydrogens is 314 g/mol. The smallest absolute Gasteiger partial charge is 0.270 e. The Kier molecular flexibility index (Phi) is 3.29. The van der Waals surface area contributed by atoms with Gasteiger partial charge in [-0.15, -0.1) is 0 Å². The lowest BCUT2D eigenvalue weighted by molar-refractivity contribution is 0.466. The molecule has 118 valence electrons. The van der Waals surface area contributed by atoms with Gasteiger partial charge in [-0.3, -0.25) is 4.79 Å². The fourth-order valence-electron chi connectivity index (χ4n) is 3.76. The van der Waals surface area contributed by atoms with Gasteiger partial charge < -0.3 is 14.8 Å². The first kappa shape index (κ1) is 14.5. The first-order valence-electron chi connectivity index (χ1n) is 7.69. The van der Waals surface area contributed by atoms with Crippen LogP contribution in [0.3, 0.4) is 0 Å². The summed E-state index contributed by atoms with van der Waals surface area (Å²) < 4.78 is 1.47. The average molecular weight is 330 g/mol.